The number of aryl methyl sites for hydroxylation is 1. The van der Waals surface area contributed by atoms with Crippen molar-refractivity contribution in [3.63, 3.8) is 0 Å². The largest absolute Gasteiger partial charge is 0.469 e. The molecule has 1 N–H and O–H groups in total. The van der Waals surface area contributed by atoms with Crippen LogP contribution >= 0.6 is 0 Å². The van der Waals surface area contributed by atoms with Crippen LogP contribution in [0.1, 0.15) is 11.1 Å². The maximum atomic E-state index is 11.5. The van der Waals surface area contributed by atoms with Gasteiger partial charge in [0.2, 0.25) is 5.56 Å². The molecule has 0 aliphatic rings. The molecule has 2 rings (SSSR count). The highest BCUT2D eigenvalue weighted by Crippen LogP contribution is 2.17. The van der Waals surface area contributed by atoms with Gasteiger partial charge in [-0.1, -0.05) is 12.1 Å². The third-order valence-electron chi connectivity index (χ3n) is 2.65. The predicted molar refractivity (Wildman–Crippen MR) is 65.0 cm³/mol. The molecule has 2 aromatic rings. The quantitative estimate of drug-likeness (QED) is 0.798. The summed E-state index contributed by atoms with van der Waals surface area (Å²) in [6.07, 6.45) is 0.111. The lowest BCUT2D eigenvalue weighted by molar-refractivity contribution is -0.139. The molecule has 17 heavy (non-hydrogen) atoms. The van der Waals surface area contributed by atoms with Gasteiger partial charge in [-0.25, -0.2) is 0 Å². The first kappa shape index (κ1) is 11.4. The van der Waals surface area contributed by atoms with Gasteiger partial charge < -0.3 is 9.72 Å². The van der Waals surface area contributed by atoms with Crippen LogP contribution in [0.15, 0.2) is 29.1 Å². The summed E-state index contributed by atoms with van der Waals surface area (Å²) in [5, 5.41) is 0.876. The average Bonchev–Trinajstić information content (AvgIpc) is 2.27. The number of methoxy groups -OCH3 is 1. The summed E-state index contributed by atoms with van der Waals surface area (Å²) < 4.78 is 4.62. The fraction of sp³-hybridized carbons (Fsp3) is 0.231. The summed E-state index contributed by atoms with van der Waals surface area (Å²) in [7, 11) is 1.34. The molecule has 0 fully saturated rings. The van der Waals surface area contributed by atoms with E-state index in [1.165, 1.54) is 13.2 Å². The number of esters is 1. The Kier molecular flexibility index (Phi) is 2.95. The van der Waals surface area contributed by atoms with Crippen molar-refractivity contribution in [2.24, 2.45) is 0 Å². The number of ether oxygens (including phenoxy) is 1. The molecule has 0 radical (unpaired) electrons. The molecule has 88 valence electrons. The Balaban J connectivity index is 2.61. The first-order valence-corrected chi connectivity index (χ1v) is 5.29. The molecule has 1 heterocycles. The van der Waals surface area contributed by atoms with Crippen LogP contribution in [0.2, 0.25) is 0 Å². The van der Waals surface area contributed by atoms with Gasteiger partial charge in [0.1, 0.15) is 0 Å². The van der Waals surface area contributed by atoms with E-state index in [0.717, 1.165) is 16.5 Å². The molecule has 0 unspecified atom stereocenters. The standard InChI is InChI=1S/C13H13NO3/c1-8-3-4-10-9(7-13(16)17-2)6-12(15)14-11(10)5-8/h3-6H,7H2,1-2H3,(H,14,15). The average molecular weight is 231 g/mol. The number of H-pyrrole nitrogens is 1. The Morgan fingerprint density at radius 2 is 2.12 bits per heavy atom. The lowest BCUT2D eigenvalue weighted by atomic mass is 10.0. The maximum Gasteiger partial charge on any atom is 0.310 e. The van der Waals surface area contributed by atoms with E-state index in [-0.39, 0.29) is 17.9 Å². The number of hydrogen-bond acceptors (Lipinski definition) is 3. The molecule has 0 bridgehead atoms. The Labute approximate surface area is 98.2 Å². The second-order valence-electron chi connectivity index (χ2n) is 3.96. The van der Waals surface area contributed by atoms with Crippen LogP contribution in [0.4, 0.5) is 0 Å². The van der Waals surface area contributed by atoms with Gasteiger partial charge in [-0.15, -0.1) is 0 Å². The highest BCUT2D eigenvalue weighted by molar-refractivity contribution is 5.86. The lowest BCUT2D eigenvalue weighted by Crippen LogP contribution is -2.11. The van der Waals surface area contributed by atoms with Crippen molar-refractivity contribution < 1.29 is 9.53 Å². The number of carbonyl (C=O) groups is 1. The van der Waals surface area contributed by atoms with Gasteiger partial charge >= 0.3 is 5.97 Å². The molecule has 1 aromatic heterocycles. The SMILES string of the molecule is COC(=O)Cc1cc(=O)[nH]c2cc(C)ccc12. The van der Waals surface area contributed by atoms with Crippen molar-refractivity contribution in [3.8, 4) is 0 Å². The van der Waals surface area contributed by atoms with Crippen molar-refractivity contribution in [1.29, 1.82) is 0 Å². The first-order chi connectivity index (χ1) is 8.10. The minimum Gasteiger partial charge on any atom is -0.469 e. The molecular weight excluding hydrogens is 218 g/mol. The number of aromatic amines is 1. The normalized spacial score (nSPS) is 10.5. The van der Waals surface area contributed by atoms with Crippen LogP contribution in [0.5, 0.6) is 0 Å². The van der Waals surface area contributed by atoms with Crippen LogP contribution in [0, 0.1) is 6.92 Å². The summed E-state index contributed by atoms with van der Waals surface area (Å²) in [5.41, 5.74) is 2.29. The molecule has 0 aliphatic heterocycles. The summed E-state index contributed by atoms with van der Waals surface area (Å²) in [6.45, 7) is 1.95. The topological polar surface area (TPSA) is 59.2 Å². The van der Waals surface area contributed by atoms with Gasteiger partial charge in [0, 0.05) is 17.0 Å². The van der Waals surface area contributed by atoms with Gasteiger partial charge in [0.15, 0.2) is 0 Å². The Hall–Kier alpha value is -2.10. The van der Waals surface area contributed by atoms with Gasteiger partial charge in [0.25, 0.3) is 0 Å². The fourth-order valence-corrected chi connectivity index (χ4v) is 1.82. The molecular formula is C13H13NO3. The van der Waals surface area contributed by atoms with Crippen molar-refractivity contribution in [3.05, 3.63) is 45.7 Å². The van der Waals surface area contributed by atoms with Crippen molar-refractivity contribution in [2.75, 3.05) is 7.11 Å². The molecule has 0 aliphatic carbocycles. The molecule has 4 heteroatoms. The summed E-state index contributed by atoms with van der Waals surface area (Å²) in [5.74, 6) is -0.350. The molecule has 1 aromatic carbocycles. The Morgan fingerprint density at radius 1 is 1.35 bits per heavy atom. The van der Waals surface area contributed by atoms with E-state index < -0.39 is 0 Å². The summed E-state index contributed by atoms with van der Waals surface area (Å²) in [4.78, 5) is 25.5. The molecule has 0 atom stereocenters. The number of nitrogens with one attached hydrogen (secondary N) is 1. The van der Waals surface area contributed by atoms with Crippen LogP contribution in [-0.4, -0.2) is 18.1 Å². The third kappa shape index (κ3) is 2.36. The number of carbonyl (C=O) groups excluding carboxylic acids is 1. The monoisotopic (exact) mass is 231 g/mol. The Bertz CT molecular complexity index is 628. The van der Waals surface area contributed by atoms with E-state index in [0.29, 0.717) is 5.56 Å². The highest BCUT2D eigenvalue weighted by atomic mass is 16.5. The van der Waals surface area contributed by atoms with Gasteiger partial charge in [-0.3, -0.25) is 9.59 Å². The molecule has 0 saturated carbocycles. The van der Waals surface area contributed by atoms with Gasteiger partial charge in [0.05, 0.1) is 13.5 Å². The first-order valence-electron chi connectivity index (χ1n) is 5.29. The molecule has 4 nitrogen and oxygen atoms in total. The van der Waals surface area contributed by atoms with Crippen molar-refractivity contribution in [2.45, 2.75) is 13.3 Å². The number of hydrogen-bond donors (Lipinski definition) is 1. The molecule has 0 spiro atoms. The number of aromatic nitrogens is 1. The van der Waals surface area contributed by atoms with Crippen molar-refractivity contribution >= 4 is 16.9 Å². The van der Waals surface area contributed by atoms with Gasteiger partial charge in [-0.2, -0.15) is 0 Å². The van der Waals surface area contributed by atoms with Crippen LogP contribution in [0.3, 0.4) is 0 Å². The van der Waals surface area contributed by atoms with E-state index in [4.69, 9.17) is 0 Å². The number of pyridine rings is 1. The fourth-order valence-electron chi connectivity index (χ4n) is 1.82. The second kappa shape index (κ2) is 4.41. The van der Waals surface area contributed by atoms with E-state index in [1.807, 2.05) is 25.1 Å². The smallest absolute Gasteiger partial charge is 0.310 e. The van der Waals surface area contributed by atoms with E-state index in [2.05, 4.69) is 9.72 Å². The maximum absolute atomic E-state index is 11.5. The molecule has 0 saturated heterocycles. The predicted octanol–water partition coefficient (Wildman–Crippen LogP) is 1.55. The number of fused-ring (bicyclic) bond motifs is 1. The zero-order valence-electron chi connectivity index (χ0n) is 9.74. The van der Waals surface area contributed by atoms with Gasteiger partial charge in [-0.05, 0) is 24.1 Å². The zero-order valence-corrected chi connectivity index (χ0v) is 9.74. The zero-order chi connectivity index (χ0) is 12.4. The van der Waals surface area contributed by atoms with Crippen LogP contribution in [-0.2, 0) is 16.0 Å². The summed E-state index contributed by atoms with van der Waals surface area (Å²) >= 11 is 0. The number of benzene rings is 1. The molecule has 0 amide bonds. The minimum absolute atomic E-state index is 0.111. The van der Waals surface area contributed by atoms with Crippen molar-refractivity contribution in [1.82, 2.24) is 4.98 Å². The van der Waals surface area contributed by atoms with E-state index >= 15 is 0 Å². The number of rotatable bonds is 2. The highest BCUT2D eigenvalue weighted by Gasteiger charge is 2.08. The minimum atomic E-state index is -0.350. The second-order valence-corrected chi connectivity index (χ2v) is 3.96. The van der Waals surface area contributed by atoms with Crippen LogP contribution in [0.25, 0.3) is 10.9 Å². The van der Waals surface area contributed by atoms with E-state index in [9.17, 15) is 9.59 Å². The Morgan fingerprint density at radius 3 is 2.82 bits per heavy atom. The summed E-state index contributed by atoms with van der Waals surface area (Å²) in [6, 6.07) is 7.17. The van der Waals surface area contributed by atoms with E-state index in [1.54, 1.807) is 0 Å². The van der Waals surface area contributed by atoms with Crippen LogP contribution < -0.4 is 5.56 Å². The lowest BCUT2D eigenvalue weighted by Gasteiger charge is -2.05. The third-order valence-corrected chi connectivity index (χ3v) is 2.65.